The molecule has 0 saturated carbocycles. The van der Waals surface area contributed by atoms with Gasteiger partial charge in [-0.05, 0) is 74.5 Å². The molecule has 168 valence electrons. The number of hydrogen-bond donors (Lipinski definition) is 2. The van der Waals surface area contributed by atoms with Crippen molar-refractivity contribution in [2.24, 2.45) is 0 Å². The van der Waals surface area contributed by atoms with Crippen molar-refractivity contribution in [3.05, 3.63) is 81.1 Å². The number of rotatable bonds is 6. The number of pyridine rings is 1. The summed E-state index contributed by atoms with van der Waals surface area (Å²) in [5.41, 5.74) is 4.96. The maximum absolute atomic E-state index is 12.9. The Morgan fingerprint density at radius 1 is 1.25 bits per heavy atom. The number of aromatic nitrogens is 1. The van der Waals surface area contributed by atoms with Gasteiger partial charge in [0.2, 0.25) is 0 Å². The van der Waals surface area contributed by atoms with E-state index in [9.17, 15) is 4.79 Å². The Bertz CT molecular complexity index is 1150. The second-order valence-corrected chi connectivity index (χ2v) is 9.15. The summed E-state index contributed by atoms with van der Waals surface area (Å²) in [7, 11) is 0. The van der Waals surface area contributed by atoms with Crippen LogP contribution >= 0.6 is 12.2 Å². The molecule has 0 amide bonds. The third-order valence-corrected chi connectivity index (χ3v) is 6.48. The van der Waals surface area contributed by atoms with Crippen molar-refractivity contribution in [2.75, 3.05) is 13.2 Å². The highest BCUT2D eigenvalue weighted by atomic mass is 32.1. The number of hydrogen-bond acceptors (Lipinski definition) is 3. The molecule has 2 N–H and O–H groups in total. The van der Waals surface area contributed by atoms with Crippen LogP contribution in [0.15, 0.2) is 53.3 Å². The van der Waals surface area contributed by atoms with Gasteiger partial charge in [0, 0.05) is 18.7 Å². The first-order chi connectivity index (χ1) is 15.4. The van der Waals surface area contributed by atoms with E-state index in [0.717, 1.165) is 35.9 Å². The lowest BCUT2D eigenvalue weighted by molar-refractivity contribution is 0.0895. The van der Waals surface area contributed by atoms with Gasteiger partial charge in [-0.3, -0.25) is 4.79 Å². The summed E-state index contributed by atoms with van der Waals surface area (Å²) in [6.07, 6.45) is 2.21. The third-order valence-electron chi connectivity index (χ3n) is 6.11. The molecule has 0 unspecified atom stereocenters. The van der Waals surface area contributed by atoms with Gasteiger partial charge in [0.25, 0.3) is 5.56 Å². The first-order valence-electron chi connectivity index (χ1n) is 11.3. The maximum Gasteiger partial charge on any atom is 0.253 e. The summed E-state index contributed by atoms with van der Waals surface area (Å²) >= 11 is 5.81. The molecule has 3 aromatic rings. The Balaban J connectivity index is 1.59. The predicted molar refractivity (Wildman–Crippen MR) is 134 cm³/mol. The fourth-order valence-corrected chi connectivity index (χ4v) is 4.73. The smallest absolute Gasteiger partial charge is 0.253 e. The minimum absolute atomic E-state index is 0.0656. The van der Waals surface area contributed by atoms with Crippen molar-refractivity contribution in [1.82, 2.24) is 15.2 Å². The molecule has 0 bridgehead atoms. The predicted octanol–water partition coefficient (Wildman–Crippen LogP) is 4.76. The number of H-pyrrole nitrogens is 1. The zero-order valence-electron chi connectivity index (χ0n) is 19.0. The van der Waals surface area contributed by atoms with E-state index in [1.54, 1.807) is 0 Å². The van der Waals surface area contributed by atoms with E-state index in [1.165, 1.54) is 11.1 Å². The Kier molecular flexibility index (Phi) is 6.92. The van der Waals surface area contributed by atoms with E-state index >= 15 is 0 Å². The Morgan fingerprint density at radius 2 is 2.03 bits per heavy atom. The molecule has 2 atom stereocenters. The van der Waals surface area contributed by atoms with E-state index < -0.39 is 0 Å². The molecule has 6 heteroatoms. The highest BCUT2D eigenvalue weighted by Crippen LogP contribution is 2.20. The number of nitrogens with zero attached hydrogens (tertiary/aromatic N) is 1. The molecule has 4 rings (SSSR count). The zero-order valence-corrected chi connectivity index (χ0v) is 19.8. The van der Waals surface area contributed by atoms with E-state index in [4.69, 9.17) is 17.0 Å². The minimum Gasteiger partial charge on any atom is -0.376 e. The molecule has 2 aromatic carbocycles. The molecule has 1 saturated heterocycles. The standard InChI is InChI=1S/C26H31N3O2S/c1-17-12-18(2)24-21(13-17)14-22(25(30)28-24)15-29(16-23-10-7-11-31-23)26(32)27-19(3)20-8-5-4-6-9-20/h4-6,8-9,12-14,19,23H,7,10-11,15-16H2,1-3H3,(H,27,32)(H,28,30)/t19-,23+/m1/s1. The van der Waals surface area contributed by atoms with Crippen molar-refractivity contribution in [2.45, 2.75) is 52.3 Å². The van der Waals surface area contributed by atoms with Gasteiger partial charge in [-0.15, -0.1) is 0 Å². The molecule has 5 nitrogen and oxygen atoms in total. The molecular formula is C26H31N3O2S. The van der Waals surface area contributed by atoms with Crippen LogP contribution < -0.4 is 10.9 Å². The number of aryl methyl sites for hydroxylation is 2. The van der Waals surface area contributed by atoms with Gasteiger partial charge in [0.1, 0.15) is 0 Å². The van der Waals surface area contributed by atoms with E-state index in [0.29, 0.717) is 23.8 Å². The lowest BCUT2D eigenvalue weighted by Gasteiger charge is -2.30. The maximum atomic E-state index is 12.9. The number of benzene rings is 2. The van der Waals surface area contributed by atoms with Crippen LogP contribution in [0.4, 0.5) is 0 Å². The SMILES string of the molecule is Cc1cc(C)c2[nH]c(=O)c(CN(C[C@@H]3CCCO3)C(=S)N[C@H](C)c3ccccc3)cc2c1. The molecule has 1 aliphatic heterocycles. The quantitative estimate of drug-likeness (QED) is 0.532. The van der Waals surface area contributed by atoms with Gasteiger partial charge >= 0.3 is 0 Å². The highest BCUT2D eigenvalue weighted by Gasteiger charge is 2.23. The summed E-state index contributed by atoms with van der Waals surface area (Å²) in [5, 5.41) is 5.14. The summed E-state index contributed by atoms with van der Waals surface area (Å²) in [4.78, 5) is 18.1. The highest BCUT2D eigenvalue weighted by molar-refractivity contribution is 7.80. The van der Waals surface area contributed by atoms with Crippen LogP contribution in [0.3, 0.4) is 0 Å². The number of thiocarbonyl (C=S) groups is 1. The van der Waals surface area contributed by atoms with Gasteiger partial charge in [0.15, 0.2) is 5.11 Å². The normalized spacial score (nSPS) is 16.8. The zero-order chi connectivity index (χ0) is 22.7. The van der Waals surface area contributed by atoms with Gasteiger partial charge in [-0.25, -0.2) is 0 Å². The second-order valence-electron chi connectivity index (χ2n) is 8.77. The summed E-state index contributed by atoms with van der Waals surface area (Å²) in [5.74, 6) is 0. The van der Waals surface area contributed by atoms with Crippen molar-refractivity contribution >= 4 is 28.2 Å². The molecule has 1 aromatic heterocycles. The Hall–Kier alpha value is -2.70. The number of fused-ring (bicyclic) bond motifs is 1. The van der Waals surface area contributed by atoms with Crippen molar-refractivity contribution in [3.8, 4) is 0 Å². The van der Waals surface area contributed by atoms with E-state index in [1.807, 2.05) is 31.2 Å². The van der Waals surface area contributed by atoms with Crippen LogP contribution in [0.25, 0.3) is 10.9 Å². The minimum atomic E-state index is -0.0688. The van der Waals surface area contributed by atoms with Gasteiger partial charge in [-0.2, -0.15) is 0 Å². The van der Waals surface area contributed by atoms with Crippen molar-refractivity contribution < 1.29 is 4.74 Å². The van der Waals surface area contributed by atoms with Crippen molar-refractivity contribution in [1.29, 1.82) is 0 Å². The van der Waals surface area contributed by atoms with Crippen LogP contribution in [0.5, 0.6) is 0 Å². The molecule has 1 aliphatic rings. The molecule has 2 heterocycles. The van der Waals surface area contributed by atoms with Gasteiger partial charge in [0.05, 0.1) is 24.2 Å². The fraction of sp³-hybridized carbons (Fsp3) is 0.385. The molecule has 0 aliphatic carbocycles. The Morgan fingerprint density at radius 3 is 2.75 bits per heavy atom. The molecule has 0 spiro atoms. The summed E-state index contributed by atoms with van der Waals surface area (Å²) in [6, 6.07) is 16.5. The molecule has 1 fully saturated rings. The molecule has 32 heavy (non-hydrogen) atoms. The van der Waals surface area contributed by atoms with Crippen LogP contribution in [0.1, 0.15) is 48.1 Å². The Labute approximate surface area is 194 Å². The number of aromatic amines is 1. The monoisotopic (exact) mass is 449 g/mol. The van der Waals surface area contributed by atoms with E-state index in [2.05, 4.69) is 53.3 Å². The largest absolute Gasteiger partial charge is 0.376 e. The number of ether oxygens (including phenoxy) is 1. The van der Waals surface area contributed by atoms with Crippen LogP contribution in [0.2, 0.25) is 0 Å². The van der Waals surface area contributed by atoms with Gasteiger partial charge < -0.3 is 19.9 Å². The van der Waals surface area contributed by atoms with Crippen LogP contribution in [0, 0.1) is 13.8 Å². The van der Waals surface area contributed by atoms with Gasteiger partial charge in [-0.1, -0.05) is 42.0 Å². The van der Waals surface area contributed by atoms with Crippen LogP contribution in [-0.4, -0.2) is 34.3 Å². The summed E-state index contributed by atoms with van der Waals surface area (Å²) in [6.45, 7) is 8.08. The van der Waals surface area contributed by atoms with Crippen molar-refractivity contribution in [3.63, 3.8) is 0 Å². The average Bonchev–Trinajstić information content (AvgIpc) is 3.28. The first-order valence-corrected chi connectivity index (χ1v) is 11.7. The lowest BCUT2D eigenvalue weighted by atomic mass is 10.0. The molecular weight excluding hydrogens is 418 g/mol. The summed E-state index contributed by atoms with van der Waals surface area (Å²) < 4.78 is 5.88. The first kappa shape index (κ1) is 22.5. The topological polar surface area (TPSA) is 57.4 Å². The average molecular weight is 450 g/mol. The lowest BCUT2D eigenvalue weighted by Crippen LogP contribution is -2.44. The fourth-order valence-electron chi connectivity index (χ4n) is 4.41. The van der Waals surface area contributed by atoms with Crippen LogP contribution in [-0.2, 0) is 11.3 Å². The second kappa shape index (κ2) is 9.84. The van der Waals surface area contributed by atoms with E-state index in [-0.39, 0.29) is 17.7 Å². The molecule has 0 radical (unpaired) electrons. The third kappa shape index (κ3) is 5.19. The number of nitrogens with one attached hydrogen (secondary N) is 2.